The molecule has 4 aliphatic rings. The largest absolute Gasteiger partial charge is 0.0642 e. The molecule has 0 heterocycles. The van der Waals surface area contributed by atoms with Gasteiger partial charge in [0, 0.05) is 43.1 Å². The molecule has 10 rings (SSSR count). The van der Waals surface area contributed by atoms with Gasteiger partial charge in [0.1, 0.15) is 0 Å². The van der Waals surface area contributed by atoms with Crippen LogP contribution in [0.2, 0.25) is 0 Å². The van der Waals surface area contributed by atoms with E-state index in [2.05, 4.69) is 246 Å². The molecule has 63 heavy (non-hydrogen) atoms. The van der Waals surface area contributed by atoms with Crippen molar-refractivity contribution in [3.8, 4) is 33.4 Å². The van der Waals surface area contributed by atoms with E-state index in [1.165, 1.54) is 100 Å². The van der Waals surface area contributed by atoms with E-state index in [4.69, 9.17) is 0 Å². The van der Waals surface area contributed by atoms with Gasteiger partial charge >= 0.3 is 0 Å². The van der Waals surface area contributed by atoms with Crippen molar-refractivity contribution in [3.63, 3.8) is 0 Å². The summed E-state index contributed by atoms with van der Waals surface area (Å²) in [5.41, 5.74) is 23.3. The normalized spacial score (nSPS) is 16.2. The van der Waals surface area contributed by atoms with Crippen molar-refractivity contribution in [1.29, 1.82) is 0 Å². The minimum Gasteiger partial charge on any atom is -0.0642 e. The van der Waals surface area contributed by atoms with Gasteiger partial charge in [-0.25, -0.2) is 0 Å². The molecule has 0 aliphatic heterocycles. The molecule has 6 aromatic rings. The quantitative estimate of drug-likeness (QED) is 0.156. The Hall–Kier alpha value is -2.58. The highest BCUT2D eigenvalue weighted by atomic mass is 79.9. The molecule has 0 amide bonds. The highest BCUT2D eigenvalue weighted by molar-refractivity contribution is 9.11. The van der Waals surface area contributed by atoms with Crippen molar-refractivity contribution in [1.82, 2.24) is 0 Å². The van der Waals surface area contributed by atoms with Crippen LogP contribution in [0, 0.1) is 0 Å². The lowest BCUT2D eigenvalue weighted by Gasteiger charge is -2.30. The molecule has 12 bridgehead atoms. The molecular formula is C57H48Br6. The third-order valence-electron chi connectivity index (χ3n) is 15.7. The molecule has 0 radical (unpaired) electrons. The topological polar surface area (TPSA) is 0 Å². The van der Waals surface area contributed by atoms with Crippen molar-refractivity contribution < 1.29 is 0 Å². The first-order valence-corrected chi connectivity index (χ1v) is 27.2. The minimum absolute atomic E-state index is 0.0976. The maximum absolute atomic E-state index is 4.05. The maximum atomic E-state index is 4.05. The third kappa shape index (κ3) is 6.44. The maximum Gasteiger partial charge on any atom is 0.0254 e. The highest BCUT2D eigenvalue weighted by Gasteiger charge is 2.44. The van der Waals surface area contributed by atoms with Gasteiger partial charge in [-0.2, -0.15) is 0 Å². The minimum atomic E-state index is -0.0976. The average molecular weight is 1210 g/mol. The van der Waals surface area contributed by atoms with Crippen LogP contribution in [0.15, 0.2) is 99.6 Å². The molecule has 6 aromatic carbocycles. The molecule has 0 saturated heterocycles. The van der Waals surface area contributed by atoms with Crippen LogP contribution in [0.1, 0.15) is 147 Å². The van der Waals surface area contributed by atoms with Gasteiger partial charge in [0.15, 0.2) is 0 Å². The molecule has 0 aromatic heterocycles. The second-order valence-corrected chi connectivity index (χ2v) is 23.0. The van der Waals surface area contributed by atoms with Gasteiger partial charge in [0.25, 0.3) is 0 Å². The van der Waals surface area contributed by atoms with Crippen molar-refractivity contribution in [3.05, 3.63) is 166 Å². The number of rotatable bonds is 6. The van der Waals surface area contributed by atoms with Crippen LogP contribution >= 0.6 is 95.6 Å². The fourth-order valence-electron chi connectivity index (χ4n) is 12.0. The van der Waals surface area contributed by atoms with Crippen molar-refractivity contribution in [2.75, 3.05) is 0 Å². The summed E-state index contributed by atoms with van der Waals surface area (Å²) in [5, 5.41) is 0. The molecule has 0 N–H and O–H groups in total. The zero-order valence-corrected chi connectivity index (χ0v) is 45.9. The van der Waals surface area contributed by atoms with Crippen LogP contribution in [0.25, 0.3) is 69.8 Å². The predicted molar refractivity (Wildman–Crippen MR) is 293 cm³/mol. The number of hydrogen-bond donors (Lipinski definition) is 0. The molecule has 0 saturated carbocycles. The molecule has 0 nitrogen and oxygen atoms in total. The zero-order chi connectivity index (χ0) is 44.3. The lowest BCUT2D eigenvalue weighted by Crippen LogP contribution is -2.23. The highest BCUT2D eigenvalue weighted by Crippen LogP contribution is 2.58. The first kappa shape index (κ1) is 44.3. The first-order valence-electron chi connectivity index (χ1n) is 22.4. The van der Waals surface area contributed by atoms with E-state index in [0.29, 0.717) is 0 Å². The Labute approximate surface area is 423 Å². The SMILES string of the molecule is CCC1(CC)c2cc3c(Br)cc2-c2cc(Br)c(cc21)C=Cc1cc2c(cc1Br)-c1cc(Br)c(cc1C2(CC)CC)C=Cc1cc2c(cc1Br)-c1cc(Br)c(cc1C2(CC)CC)C=C3. The molecule has 318 valence electrons. The summed E-state index contributed by atoms with van der Waals surface area (Å²) in [7, 11) is 0. The van der Waals surface area contributed by atoms with Gasteiger partial charge in [0.2, 0.25) is 0 Å². The predicted octanol–water partition coefficient (Wildman–Crippen LogP) is 20.3. The van der Waals surface area contributed by atoms with E-state index in [9.17, 15) is 0 Å². The van der Waals surface area contributed by atoms with E-state index in [0.717, 1.165) is 65.4 Å². The number of halogens is 6. The van der Waals surface area contributed by atoms with Crippen LogP contribution in [0.3, 0.4) is 0 Å². The molecule has 0 unspecified atom stereocenters. The van der Waals surface area contributed by atoms with Gasteiger partial charge < -0.3 is 0 Å². The first-order chi connectivity index (χ1) is 30.3. The summed E-state index contributed by atoms with van der Waals surface area (Å²) in [6.07, 6.45) is 20.0. The van der Waals surface area contributed by atoms with Gasteiger partial charge in [0.05, 0.1) is 0 Å². The summed E-state index contributed by atoms with van der Waals surface area (Å²) < 4.78 is 6.63. The Bertz CT molecular complexity index is 2520. The summed E-state index contributed by atoms with van der Waals surface area (Å²) >= 11 is 24.3. The van der Waals surface area contributed by atoms with E-state index in [1.807, 2.05) is 0 Å². The zero-order valence-electron chi connectivity index (χ0n) is 36.4. The summed E-state index contributed by atoms with van der Waals surface area (Å²) in [6.45, 7) is 14.2. The average Bonchev–Trinajstić information content (AvgIpc) is 3.79. The van der Waals surface area contributed by atoms with Crippen LogP contribution in [0.5, 0.6) is 0 Å². The van der Waals surface area contributed by atoms with E-state index in [1.54, 1.807) is 0 Å². The van der Waals surface area contributed by atoms with Gasteiger partial charge in [-0.05, 0) is 211 Å². The van der Waals surface area contributed by atoms with Crippen LogP contribution in [-0.4, -0.2) is 0 Å². The molecule has 4 aliphatic carbocycles. The van der Waals surface area contributed by atoms with Crippen LogP contribution in [0.4, 0.5) is 0 Å². The van der Waals surface area contributed by atoms with Crippen LogP contribution < -0.4 is 0 Å². The van der Waals surface area contributed by atoms with Gasteiger partial charge in [-0.1, -0.05) is 174 Å². The standard InChI is InChI=1S/C57H48Br6/c1-7-55(8-2)43-19-31-13-15-33-21-45-39(27-51(33)60)41-29-53(62)35(23-47(41)56(45,9-3)10-4)17-18-36-24-48-42(30-54(36)63)40-28-52(61)34(22-46(40)57(48,11-5)12-6)16-14-32-20-44(55)38(26-50(32)59)37(43)25-49(31)58/h13-30H,7-12H2,1-6H3. The Morgan fingerprint density at radius 1 is 0.254 bits per heavy atom. The van der Waals surface area contributed by atoms with Gasteiger partial charge in [-0.3, -0.25) is 0 Å². The Morgan fingerprint density at radius 3 is 0.524 bits per heavy atom. The molecule has 6 heteroatoms. The summed E-state index contributed by atoms with van der Waals surface area (Å²) in [5.74, 6) is 0. The number of benzene rings is 6. The van der Waals surface area contributed by atoms with Crippen molar-refractivity contribution in [2.45, 2.75) is 96.3 Å². The molecule has 0 spiro atoms. The van der Waals surface area contributed by atoms with E-state index >= 15 is 0 Å². The number of fused-ring (bicyclic) bond motifs is 9. The Kier molecular flexibility index (Phi) is 11.5. The monoisotopic (exact) mass is 1210 g/mol. The summed E-state index contributed by atoms with van der Waals surface area (Å²) in [6, 6.07) is 28.9. The fourth-order valence-corrected chi connectivity index (χ4v) is 14.9. The molecule has 0 fully saturated rings. The third-order valence-corrected chi connectivity index (χ3v) is 19.9. The molecule has 0 atom stereocenters. The smallest absolute Gasteiger partial charge is 0.0254 e. The van der Waals surface area contributed by atoms with Gasteiger partial charge in [-0.15, -0.1) is 0 Å². The van der Waals surface area contributed by atoms with E-state index < -0.39 is 0 Å². The van der Waals surface area contributed by atoms with Crippen molar-refractivity contribution >= 4 is 132 Å². The second-order valence-electron chi connectivity index (χ2n) is 17.9. The fraction of sp³-hybridized carbons (Fsp3) is 0.263. The van der Waals surface area contributed by atoms with Crippen molar-refractivity contribution in [2.24, 2.45) is 0 Å². The Morgan fingerprint density at radius 2 is 0.397 bits per heavy atom. The van der Waals surface area contributed by atoms with Crippen LogP contribution in [-0.2, 0) is 16.2 Å². The molecular weight excluding hydrogens is 1160 g/mol. The lowest BCUT2D eigenvalue weighted by molar-refractivity contribution is 0.490. The number of hydrogen-bond acceptors (Lipinski definition) is 0. The van der Waals surface area contributed by atoms with E-state index in [-0.39, 0.29) is 16.2 Å². The Balaban J connectivity index is 1.23. The summed E-state index contributed by atoms with van der Waals surface area (Å²) in [4.78, 5) is 0. The second kappa shape index (κ2) is 16.3. The lowest BCUT2D eigenvalue weighted by atomic mass is 9.73.